The molecule has 83 valence electrons. The summed E-state index contributed by atoms with van der Waals surface area (Å²) < 4.78 is 74.7. The number of hydrogen-bond acceptors (Lipinski definition) is 1. The summed E-state index contributed by atoms with van der Waals surface area (Å²) in [5.74, 6) is -2.07. The Morgan fingerprint density at radius 2 is 1.64 bits per heavy atom. The molecular formula is C7H7F6O. The normalized spacial score (nSPS) is 25.7. The lowest BCUT2D eigenvalue weighted by Crippen LogP contribution is -2.30. The molecule has 0 aromatic heterocycles. The van der Waals surface area contributed by atoms with Crippen LogP contribution in [-0.2, 0) is 4.74 Å². The van der Waals surface area contributed by atoms with E-state index in [1.165, 1.54) is 0 Å². The first kappa shape index (κ1) is 11.6. The molecule has 0 heterocycles. The lowest BCUT2D eigenvalue weighted by atomic mass is 10.1. The molecule has 0 amide bonds. The van der Waals surface area contributed by atoms with Gasteiger partial charge >= 0.3 is 12.5 Å². The Bertz CT molecular complexity index is 195. The molecule has 1 radical (unpaired) electrons. The molecule has 1 nitrogen and oxygen atoms in total. The third-order valence-electron chi connectivity index (χ3n) is 1.95. The number of ether oxygens (including phenoxy) is 1. The molecular weight excluding hydrogens is 214 g/mol. The van der Waals surface area contributed by atoms with E-state index in [1.807, 2.05) is 0 Å². The maximum atomic E-state index is 12.1. The lowest BCUT2D eigenvalue weighted by Gasteiger charge is -2.22. The minimum absolute atomic E-state index is 0.0790. The van der Waals surface area contributed by atoms with Crippen molar-refractivity contribution in [2.24, 2.45) is 5.92 Å². The first-order chi connectivity index (χ1) is 6.20. The van der Waals surface area contributed by atoms with Crippen molar-refractivity contribution < 1.29 is 31.1 Å². The molecule has 0 spiro atoms. The van der Waals surface area contributed by atoms with Crippen molar-refractivity contribution in [2.45, 2.75) is 31.8 Å². The highest BCUT2D eigenvalue weighted by molar-refractivity contribution is 4.97. The number of rotatable bonds is 1. The van der Waals surface area contributed by atoms with Crippen molar-refractivity contribution in [1.29, 1.82) is 0 Å². The van der Waals surface area contributed by atoms with Crippen LogP contribution in [0.1, 0.15) is 19.3 Å². The van der Waals surface area contributed by atoms with Gasteiger partial charge in [0.1, 0.15) is 6.10 Å². The Labute approximate surface area is 76.0 Å². The Morgan fingerprint density at radius 1 is 1.07 bits per heavy atom. The van der Waals surface area contributed by atoms with E-state index in [2.05, 4.69) is 4.74 Å². The van der Waals surface area contributed by atoms with Crippen LogP contribution < -0.4 is 0 Å². The van der Waals surface area contributed by atoms with E-state index >= 15 is 0 Å². The second kappa shape index (κ2) is 3.60. The molecule has 0 aromatic rings. The average molecular weight is 221 g/mol. The van der Waals surface area contributed by atoms with E-state index in [0.29, 0.717) is 0 Å². The third kappa shape index (κ3) is 3.04. The van der Waals surface area contributed by atoms with Crippen molar-refractivity contribution >= 4 is 0 Å². The van der Waals surface area contributed by atoms with Gasteiger partial charge < -0.3 is 0 Å². The van der Waals surface area contributed by atoms with Crippen LogP contribution in [0.25, 0.3) is 0 Å². The minimum Gasteiger partial charge on any atom is -0.281 e. The van der Waals surface area contributed by atoms with Gasteiger partial charge in [0.05, 0.1) is 5.92 Å². The molecule has 0 aliphatic heterocycles. The molecule has 0 bridgehead atoms. The summed E-state index contributed by atoms with van der Waals surface area (Å²) in [5.41, 5.74) is 0. The fourth-order valence-electron chi connectivity index (χ4n) is 1.43. The van der Waals surface area contributed by atoms with Crippen LogP contribution in [0.3, 0.4) is 0 Å². The Balaban J connectivity index is 2.61. The third-order valence-corrected chi connectivity index (χ3v) is 1.95. The van der Waals surface area contributed by atoms with Crippen LogP contribution in [0.4, 0.5) is 26.3 Å². The van der Waals surface area contributed by atoms with Gasteiger partial charge in [-0.1, -0.05) is 0 Å². The standard InChI is InChI=1S/C7H7F6O/c8-6(9,10)4-2-1-3-5(4)14-7(11,12)13/h4H,1-3H2. The van der Waals surface area contributed by atoms with Crippen LogP contribution >= 0.6 is 0 Å². The zero-order chi connectivity index (χ0) is 11.0. The zero-order valence-corrected chi connectivity index (χ0v) is 6.87. The molecule has 0 N–H and O–H groups in total. The fraction of sp³-hybridized carbons (Fsp3) is 0.857. The zero-order valence-electron chi connectivity index (χ0n) is 6.87. The van der Waals surface area contributed by atoms with E-state index in [-0.39, 0.29) is 19.3 Å². The Morgan fingerprint density at radius 3 is 2.07 bits per heavy atom. The molecule has 1 rings (SSSR count). The predicted octanol–water partition coefficient (Wildman–Crippen LogP) is 3.42. The molecule has 7 heteroatoms. The van der Waals surface area contributed by atoms with Gasteiger partial charge in [-0.15, -0.1) is 13.2 Å². The summed E-state index contributed by atoms with van der Waals surface area (Å²) in [4.78, 5) is 0. The Kier molecular flexibility index (Phi) is 2.99. The molecule has 1 saturated carbocycles. The van der Waals surface area contributed by atoms with Crippen LogP contribution in [-0.4, -0.2) is 12.5 Å². The van der Waals surface area contributed by atoms with E-state index in [4.69, 9.17) is 0 Å². The molecule has 1 fully saturated rings. The van der Waals surface area contributed by atoms with Crippen LogP contribution in [0.5, 0.6) is 0 Å². The second-order valence-corrected chi connectivity index (χ2v) is 3.00. The van der Waals surface area contributed by atoms with Gasteiger partial charge in [0.15, 0.2) is 0 Å². The summed E-state index contributed by atoms with van der Waals surface area (Å²) in [6.45, 7) is 0. The molecule has 0 saturated heterocycles. The predicted molar refractivity (Wildman–Crippen MR) is 33.8 cm³/mol. The number of hydrogen-bond donors (Lipinski definition) is 0. The summed E-state index contributed by atoms with van der Waals surface area (Å²) in [6, 6.07) is 0. The second-order valence-electron chi connectivity index (χ2n) is 3.00. The SMILES string of the molecule is FC(F)(F)O[C]1CCCC1C(F)(F)F. The minimum atomic E-state index is -5.02. The van der Waals surface area contributed by atoms with E-state index in [9.17, 15) is 26.3 Å². The monoisotopic (exact) mass is 221 g/mol. The van der Waals surface area contributed by atoms with E-state index in [0.717, 1.165) is 0 Å². The first-order valence-electron chi connectivity index (χ1n) is 3.88. The van der Waals surface area contributed by atoms with Gasteiger partial charge in [0.2, 0.25) is 0 Å². The molecule has 1 atom stereocenters. The van der Waals surface area contributed by atoms with Crippen LogP contribution in [0, 0.1) is 12.0 Å². The highest BCUT2D eigenvalue weighted by Crippen LogP contribution is 2.46. The largest absolute Gasteiger partial charge is 0.523 e. The van der Waals surface area contributed by atoms with Crippen molar-refractivity contribution in [3.8, 4) is 0 Å². The molecule has 1 aliphatic carbocycles. The van der Waals surface area contributed by atoms with Gasteiger partial charge in [-0.05, 0) is 19.3 Å². The number of halogens is 6. The average Bonchev–Trinajstić information content (AvgIpc) is 2.29. The van der Waals surface area contributed by atoms with E-state index < -0.39 is 24.6 Å². The lowest BCUT2D eigenvalue weighted by molar-refractivity contribution is -0.331. The topological polar surface area (TPSA) is 9.23 Å². The quantitative estimate of drug-likeness (QED) is 0.616. The van der Waals surface area contributed by atoms with Gasteiger partial charge in [-0.3, -0.25) is 4.74 Å². The fourth-order valence-corrected chi connectivity index (χ4v) is 1.43. The van der Waals surface area contributed by atoms with Crippen molar-refractivity contribution in [3.63, 3.8) is 0 Å². The smallest absolute Gasteiger partial charge is 0.281 e. The first-order valence-corrected chi connectivity index (χ1v) is 3.88. The molecule has 1 unspecified atom stereocenters. The van der Waals surface area contributed by atoms with Gasteiger partial charge in [0.25, 0.3) is 0 Å². The van der Waals surface area contributed by atoms with Gasteiger partial charge in [0, 0.05) is 0 Å². The van der Waals surface area contributed by atoms with Crippen LogP contribution in [0.15, 0.2) is 0 Å². The van der Waals surface area contributed by atoms with Gasteiger partial charge in [-0.2, -0.15) is 13.2 Å². The summed E-state index contributed by atoms with van der Waals surface area (Å²) in [5, 5.41) is 0. The summed E-state index contributed by atoms with van der Waals surface area (Å²) >= 11 is 0. The summed E-state index contributed by atoms with van der Waals surface area (Å²) in [7, 11) is 0. The molecule has 14 heavy (non-hydrogen) atoms. The Hall–Kier alpha value is -0.460. The highest BCUT2D eigenvalue weighted by Gasteiger charge is 2.51. The maximum absolute atomic E-state index is 12.1. The van der Waals surface area contributed by atoms with E-state index in [1.54, 1.807) is 0 Å². The van der Waals surface area contributed by atoms with Crippen molar-refractivity contribution in [2.75, 3.05) is 0 Å². The summed E-state index contributed by atoms with van der Waals surface area (Å²) in [6.07, 6.45) is -11.1. The number of alkyl halides is 6. The van der Waals surface area contributed by atoms with Gasteiger partial charge in [-0.25, -0.2) is 0 Å². The maximum Gasteiger partial charge on any atom is 0.523 e. The van der Waals surface area contributed by atoms with Crippen molar-refractivity contribution in [1.82, 2.24) is 0 Å². The van der Waals surface area contributed by atoms with Crippen molar-refractivity contribution in [3.05, 3.63) is 6.10 Å². The highest BCUT2D eigenvalue weighted by atomic mass is 19.4. The molecule has 1 aliphatic rings. The van der Waals surface area contributed by atoms with Crippen LogP contribution in [0.2, 0.25) is 0 Å². The molecule has 0 aromatic carbocycles.